The standard InChI is InChI=1S/C18H27N3O2/c1-3-14(15-7-5-4-6-8-15)11-19-17(22)12-21(2)13-18(23)20-16-9-10-16/h4-8,14,16H,3,9-13H2,1-2H3,(H,19,22)(H,20,23)/p+1/t14-/m1/s1. The Morgan fingerprint density at radius 2 is 1.83 bits per heavy atom. The average molecular weight is 318 g/mol. The molecule has 1 aromatic carbocycles. The molecule has 1 unspecified atom stereocenters. The molecule has 23 heavy (non-hydrogen) atoms. The Bertz CT molecular complexity index is 514. The third kappa shape index (κ3) is 6.40. The second-order valence-electron chi connectivity index (χ2n) is 6.47. The molecule has 5 heteroatoms. The van der Waals surface area contributed by atoms with Crippen LogP contribution in [0.3, 0.4) is 0 Å². The molecule has 1 fully saturated rings. The molecule has 1 aliphatic rings. The van der Waals surface area contributed by atoms with Crippen molar-refractivity contribution in [1.82, 2.24) is 10.6 Å². The molecule has 2 atom stereocenters. The minimum Gasteiger partial charge on any atom is -0.351 e. The van der Waals surface area contributed by atoms with Gasteiger partial charge in [0, 0.05) is 18.5 Å². The summed E-state index contributed by atoms with van der Waals surface area (Å²) in [4.78, 5) is 24.7. The van der Waals surface area contributed by atoms with Crippen molar-refractivity contribution in [3.05, 3.63) is 35.9 Å². The second-order valence-corrected chi connectivity index (χ2v) is 6.47. The van der Waals surface area contributed by atoms with Crippen LogP contribution in [0.4, 0.5) is 0 Å². The molecular weight excluding hydrogens is 290 g/mol. The molecule has 5 nitrogen and oxygen atoms in total. The van der Waals surface area contributed by atoms with Gasteiger partial charge in [-0.2, -0.15) is 0 Å². The number of hydrogen-bond acceptors (Lipinski definition) is 2. The Morgan fingerprint density at radius 1 is 1.17 bits per heavy atom. The van der Waals surface area contributed by atoms with Gasteiger partial charge in [0.25, 0.3) is 11.8 Å². The van der Waals surface area contributed by atoms with E-state index in [4.69, 9.17) is 0 Å². The van der Waals surface area contributed by atoms with Crippen LogP contribution in [-0.4, -0.2) is 44.5 Å². The van der Waals surface area contributed by atoms with E-state index in [1.54, 1.807) is 0 Å². The highest BCUT2D eigenvalue weighted by atomic mass is 16.2. The number of benzene rings is 1. The maximum absolute atomic E-state index is 12.1. The SMILES string of the molecule is CC[C@H](CNC(=O)C[NH+](C)CC(=O)NC1CC1)c1ccccc1. The predicted octanol–water partition coefficient (Wildman–Crippen LogP) is 0.0897. The molecule has 0 radical (unpaired) electrons. The van der Waals surface area contributed by atoms with E-state index in [0.717, 1.165) is 24.2 Å². The fourth-order valence-corrected chi connectivity index (χ4v) is 2.64. The Morgan fingerprint density at radius 3 is 2.43 bits per heavy atom. The Balaban J connectivity index is 1.69. The van der Waals surface area contributed by atoms with Crippen LogP contribution in [0.2, 0.25) is 0 Å². The van der Waals surface area contributed by atoms with E-state index in [2.05, 4.69) is 29.7 Å². The minimum absolute atomic E-state index is 0.00361. The molecule has 0 bridgehead atoms. The number of nitrogens with one attached hydrogen (secondary N) is 3. The van der Waals surface area contributed by atoms with Gasteiger partial charge in [0.2, 0.25) is 0 Å². The van der Waals surface area contributed by atoms with Crippen molar-refractivity contribution >= 4 is 11.8 Å². The van der Waals surface area contributed by atoms with Gasteiger partial charge in [-0.25, -0.2) is 0 Å². The van der Waals surface area contributed by atoms with E-state index >= 15 is 0 Å². The first-order valence-corrected chi connectivity index (χ1v) is 8.50. The maximum atomic E-state index is 12.1. The van der Waals surface area contributed by atoms with Crippen molar-refractivity contribution in [2.45, 2.75) is 38.1 Å². The van der Waals surface area contributed by atoms with Crippen LogP contribution in [-0.2, 0) is 9.59 Å². The first-order valence-electron chi connectivity index (χ1n) is 8.50. The van der Waals surface area contributed by atoms with E-state index < -0.39 is 0 Å². The molecule has 1 aliphatic carbocycles. The van der Waals surface area contributed by atoms with Gasteiger partial charge in [-0.1, -0.05) is 37.3 Å². The lowest BCUT2D eigenvalue weighted by atomic mass is 9.96. The fraction of sp³-hybridized carbons (Fsp3) is 0.556. The van der Waals surface area contributed by atoms with Crippen molar-refractivity contribution < 1.29 is 14.5 Å². The molecule has 0 saturated heterocycles. The van der Waals surface area contributed by atoms with E-state index in [9.17, 15) is 9.59 Å². The van der Waals surface area contributed by atoms with E-state index in [-0.39, 0.29) is 11.8 Å². The summed E-state index contributed by atoms with van der Waals surface area (Å²) in [6, 6.07) is 10.6. The summed E-state index contributed by atoms with van der Waals surface area (Å²) in [6.07, 6.45) is 3.16. The first-order chi connectivity index (χ1) is 11.1. The largest absolute Gasteiger partial charge is 0.351 e. The van der Waals surface area contributed by atoms with Crippen LogP contribution in [0.1, 0.15) is 37.7 Å². The fourth-order valence-electron chi connectivity index (χ4n) is 2.64. The van der Waals surface area contributed by atoms with E-state index in [1.165, 1.54) is 5.56 Å². The van der Waals surface area contributed by atoms with Gasteiger partial charge >= 0.3 is 0 Å². The van der Waals surface area contributed by atoms with Crippen molar-refractivity contribution in [1.29, 1.82) is 0 Å². The van der Waals surface area contributed by atoms with Crippen LogP contribution >= 0.6 is 0 Å². The molecule has 0 heterocycles. The molecular formula is C18H28N3O2+. The second kappa shape index (κ2) is 8.67. The summed E-state index contributed by atoms with van der Waals surface area (Å²) in [7, 11) is 1.88. The van der Waals surface area contributed by atoms with Gasteiger partial charge in [-0.15, -0.1) is 0 Å². The summed E-state index contributed by atoms with van der Waals surface area (Å²) >= 11 is 0. The number of carbonyl (C=O) groups excluding carboxylic acids is 2. The van der Waals surface area contributed by atoms with Crippen LogP contribution in [0.25, 0.3) is 0 Å². The number of hydrogen-bond donors (Lipinski definition) is 3. The molecule has 126 valence electrons. The van der Waals surface area contributed by atoms with Crippen molar-refractivity contribution in [3.8, 4) is 0 Å². The van der Waals surface area contributed by atoms with Crippen LogP contribution in [0.15, 0.2) is 30.3 Å². The highest BCUT2D eigenvalue weighted by Crippen LogP contribution is 2.18. The van der Waals surface area contributed by atoms with Gasteiger partial charge in [-0.3, -0.25) is 9.59 Å². The molecule has 0 spiro atoms. The van der Waals surface area contributed by atoms with Crippen LogP contribution in [0, 0.1) is 0 Å². The Hall–Kier alpha value is -1.88. The highest BCUT2D eigenvalue weighted by Gasteiger charge is 2.25. The number of amides is 2. The summed E-state index contributed by atoms with van der Waals surface area (Å²) in [5.74, 6) is 0.364. The van der Waals surface area contributed by atoms with Gasteiger partial charge in [0.05, 0.1) is 7.05 Å². The van der Waals surface area contributed by atoms with Crippen molar-refractivity contribution in [3.63, 3.8) is 0 Å². The zero-order chi connectivity index (χ0) is 16.7. The zero-order valence-corrected chi connectivity index (χ0v) is 14.1. The molecule has 2 rings (SSSR count). The lowest BCUT2D eigenvalue weighted by Gasteiger charge is -2.17. The summed E-state index contributed by atoms with van der Waals surface area (Å²) in [5.41, 5.74) is 1.25. The molecule has 2 amide bonds. The Labute approximate surface area is 138 Å². The van der Waals surface area contributed by atoms with Crippen molar-refractivity contribution in [2.75, 3.05) is 26.7 Å². The molecule has 0 aliphatic heterocycles. The molecule has 0 aromatic heterocycles. The number of likely N-dealkylation sites (N-methyl/N-ethyl adjacent to an activating group) is 1. The van der Waals surface area contributed by atoms with E-state index in [0.29, 0.717) is 31.6 Å². The van der Waals surface area contributed by atoms with Gasteiger partial charge < -0.3 is 15.5 Å². The smallest absolute Gasteiger partial charge is 0.275 e. The summed E-state index contributed by atoms with van der Waals surface area (Å²) in [5, 5.41) is 5.95. The topological polar surface area (TPSA) is 62.6 Å². The molecule has 1 aromatic rings. The Kier molecular flexibility index (Phi) is 6.59. The average Bonchev–Trinajstić information content (AvgIpc) is 3.32. The van der Waals surface area contributed by atoms with Crippen LogP contribution in [0.5, 0.6) is 0 Å². The lowest BCUT2D eigenvalue weighted by molar-refractivity contribution is -0.862. The number of rotatable bonds is 9. The normalized spacial score (nSPS) is 16.4. The number of carbonyl (C=O) groups is 2. The molecule has 1 saturated carbocycles. The van der Waals surface area contributed by atoms with Crippen LogP contribution < -0.4 is 15.5 Å². The monoisotopic (exact) mass is 318 g/mol. The quantitative estimate of drug-likeness (QED) is 0.604. The van der Waals surface area contributed by atoms with Gasteiger partial charge in [0.1, 0.15) is 0 Å². The minimum atomic E-state index is -0.00361. The first kappa shape index (κ1) is 17.5. The van der Waals surface area contributed by atoms with Gasteiger partial charge in [-0.05, 0) is 24.8 Å². The highest BCUT2D eigenvalue weighted by molar-refractivity contribution is 5.79. The van der Waals surface area contributed by atoms with Crippen molar-refractivity contribution in [2.24, 2.45) is 0 Å². The maximum Gasteiger partial charge on any atom is 0.275 e. The third-order valence-electron chi connectivity index (χ3n) is 4.18. The summed E-state index contributed by atoms with van der Waals surface area (Å²) < 4.78 is 0. The van der Waals surface area contributed by atoms with E-state index in [1.807, 2.05) is 25.2 Å². The predicted molar refractivity (Wildman–Crippen MR) is 90.3 cm³/mol. The lowest BCUT2D eigenvalue weighted by Crippen LogP contribution is -3.11. The number of quaternary nitrogens is 1. The molecule has 3 N–H and O–H groups in total. The zero-order valence-electron chi connectivity index (χ0n) is 14.1. The summed E-state index contributed by atoms with van der Waals surface area (Å²) in [6.45, 7) is 3.44. The third-order valence-corrected chi connectivity index (χ3v) is 4.18. The van der Waals surface area contributed by atoms with Gasteiger partial charge in [0.15, 0.2) is 13.1 Å².